The smallest absolute Gasteiger partial charge is 0.164 e. The summed E-state index contributed by atoms with van der Waals surface area (Å²) < 4.78 is 6.58. The van der Waals surface area contributed by atoms with Crippen LogP contribution >= 0.6 is 0 Å². The van der Waals surface area contributed by atoms with Crippen LogP contribution in [0.3, 0.4) is 0 Å². The zero-order valence-corrected chi connectivity index (χ0v) is 27.4. The fourth-order valence-electron chi connectivity index (χ4n) is 6.69. The largest absolute Gasteiger partial charge is 0.456 e. The molecule has 0 spiro atoms. The van der Waals surface area contributed by atoms with Crippen LogP contribution in [0.25, 0.3) is 89.5 Å². The van der Waals surface area contributed by atoms with E-state index in [0.717, 1.165) is 72.0 Å². The van der Waals surface area contributed by atoms with Crippen LogP contribution in [0.5, 0.6) is 0 Å². The molecule has 0 saturated carbocycles. The van der Waals surface area contributed by atoms with Crippen LogP contribution in [-0.4, -0.2) is 15.0 Å². The number of furan rings is 1. The van der Waals surface area contributed by atoms with Crippen molar-refractivity contribution in [1.29, 1.82) is 5.26 Å². The molecule has 7 aromatic carbocycles. The molecule has 2 heterocycles. The van der Waals surface area contributed by atoms with Gasteiger partial charge in [0.1, 0.15) is 11.2 Å². The highest BCUT2D eigenvalue weighted by atomic mass is 16.3. The Kier molecular flexibility index (Phi) is 7.46. The van der Waals surface area contributed by atoms with Gasteiger partial charge in [0, 0.05) is 27.5 Å². The van der Waals surface area contributed by atoms with E-state index in [9.17, 15) is 5.26 Å². The normalized spacial score (nSPS) is 11.1. The van der Waals surface area contributed by atoms with Gasteiger partial charge in [0.05, 0.1) is 11.6 Å². The first-order chi connectivity index (χ1) is 25.2. The Morgan fingerprint density at radius 3 is 1.61 bits per heavy atom. The molecule has 0 atom stereocenters. The Balaban J connectivity index is 1.26. The maximum absolute atomic E-state index is 9.41. The van der Waals surface area contributed by atoms with Crippen molar-refractivity contribution in [3.8, 4) is 73.6 Å². The molecule has 5 heteroatoms. The first kappa shape index (κ1) is 29.9. The van der Waals surface area contributed by atoms with Crippen molar-refractivity contribution in [2.45, 2.75) is 0 Å². The van der Waals surface area contributed by atoms with E-state index in [-0.39, 0.29) is 0 Å². The maximum Gasteiger partial charge on any atom is 0.164 e. The molecular formula is C46H28N4O. The van der Waals surface area contributed by atoms with Crippen molar-refractivity contribution in [3.63, 3.8) is 0 Å². The van der Waals surface area contributed by atoms with Gasteiger partial charge in [0.15, 0.2) is 17.5 Å². The third-order valence-corrected chi connectivity index (χ3v) is 9.18. The number of aromatic nitrogens is 3. The van der Waals surface area contributed by atoms with Gasteiger partial charge in [0.2, 0.25) is 0 Å². The van der Waals surface area contributed by atoms with Crippen molar-refractivity contribution in [2.24, 2.45) is 0 Å². The molecular weight excluding hydrogens is 625 g/mol. The number of nitrogens with zero attached hydrogens (tertiary/aromatic N) is 4. The lowest BCUT2D eigenvalue weighted by Crippen LogP contribution is -2.01. The molecule has 0 amide bonds. The van der Waals surface area contributed by atoms with Gasteiger partial charge in [0.25, 0.3) is 0 Å². The number of nitriles is 1. The van der Waals surface area contributed by atoms with Crippen LogP contribution in [0.1, 0.15) is 5.56 Å². The van der Waals surface area contributed by atoms with Crippen molar-refractivity contribution >= 4 is 21.9 Å². The van der Waals surface area contributed by atoms with Gasteiger partial charge in [-0.25, -0.2) is 15.0 Å². The first-order valence-corrected chi connectivity index (χ1v) is 16.7. The van der Waals surface area contributed by atoms with E-state index in [4.69, 9.17) is 19.4 Å². The van der Waals surface area contributed by atoms with Crippen LogP contribution in [0.4, 0.5) is 0 Å². The maximum atomic E-state index is 9.41. The van der Waals surface area contributed by atoms with E-state index in [1.54, 1.807) is 0 Å². The van der Waals surface area contributed by atoms with E-state index < -0.39 is 0 Å². The second kappa shape index (κ2) is 12.7. The van der Waals surface area contributed by atoms with Crippen LogP contribution in [0.15, 0.2) is 174 Å². The molecule has 0 saturated heterocycles. The quantitative estimate of drug-likeness (QED) is 0.179. The average Bonchev–Trinajstić information content (AvgIpc) is 3.59. The van der Waals surface area contributed by atoms with Crippen molar-refractivity contribution in [2.75, 3.05) is 0 Å². The summed E-state index contributed by atoms with van der Waals surface area (Å²) in [5.74, 6) is 1.69. The molecule has 238 valence electrons. The Labute approximate surface area is 294 Å². The van der Waals surface area contributed by atoms with Gasteiger partial charge in [-0.1, -0.05) is 140 Å². The standard InChI is InChI=1S/C46H28N4O/c47-29-30-12-10-19-36(26-30)31-22-24-35(25-23-31)45-48-44(34-17-8-3-9-18-34)49-46(50-45)39-28-42-40(27-38(39)33-15-6-2-7-16-33)43-37(20-11-21-41(43)51-42)32-13-4-1-5-14-32/h1-28H. The number of benzene rings is 7. The molecule has 51 heavy (non-hydrogen) atoms. The molecule has 0 N–H and O–H groups in total. The lowest BCUT2D eigenvalue weighted by molar-refractivity contribution is 0.669. The van der Waals surface area contributed by atoms with E-state index in [2.05, 4.69) is 60.7 Å². The number of hydrogen-bond acceptors (Lipinski definition) is 5. The monoisotopic (exact) mass is 652 g/mol. The van der Waals surface area contributed by atoms with Gasteiger partial charge < -0.3 is 4.42 Å². The van der Waals surface area contributed by atoms with Gasteiger partial charge >= 0.3 is 0 Å². The molecule has 2 aromatic heterocycles. The summed E-state index contributed by atoms with van der Waals surface area (Å²) >= 11 is 0. The highest BCUT2D eigenvalue weighted by Crippen LogP contribution is 2.42. The van der Waals surface area contributed by atoms with Crippen molar-refractivity contribution < 1.29 is 4.42 Å². The molecule has 0 fully saturated rings. The topological polar surface area (TPSA) is 75.6 Å². The van der Waals surface area contributed by atoms with Gasteiger partial charge in [-0.15, -0.1) is 0 Å². The Bertz CT molecular complexity index is 2730. The SMILES string of the molecule is N#Cc1cccc(-c2ccc(-c3nc(-c4ccccc4)nc(-c4cc5oc6cccc(-c7ccccc7)c6c5cc4-c4ccccc4)n3)cc2)c1. The van der Waals surface area contributed by atoms with Crippen LogP contribution in [-0.2, 0) is 0 Å². The highest BCUT2D eigenvalue weighted by molar-refractivity contribution is 6.14. The second-order valence-corrected chi connectivity index (χ2v) is 12.3. The van der Waals surface area contributed by atoms with Crippen LogP contribution in [0, 0.1) is 11.3 Å². The molecule has 0 aliphatic rings. The Morgan fingerprint density at radius 2 is 0.941 bits per heavy atom. The van der Waals surface area contributed by atoms with E-state index in [1.165, 1.54) is 0 Å². The lowest BCUT2D eigenvalue weighted by atomic mass is 9.94. The molecule has 0 unspecified atom stereocenters. The van der Waals surface area contributed by atoms with Crippen molar-refractivity contribution in [1.82, 2.24) is 15.0 Å². The molecule has 0 aliphatic heterocycles. The summed E-state index contributed by atoms with van der Waals surface area (Å²) in [6.45, 7) is 0. The third kappa shape index (κ3) is 5.61. The van der Waals surface area contributed by atoms with Gasteiger partial charge in [-0.2, -0.15) is 5.26 Å². The van der Waals surface area contributed by atoms with Crippen LogP contribution in [0.2, 0.25) is 0 Å². The molecule has 9 rings (SSSR count). The van der Waals surface area contributed by atoms with Crippen molar-refractivity contribution in [3.05, 3.63) is 175 Å². The average molecular weight is 653 g/mol. The van der Waals surface area contributed by atoms with E-state index >= 15 is 0 Å². The zero-order valence-electron chi connectivity index (χ0n) is 27.4. The summed E-state index contributed by atoms with van der Waals surface area (Å²) in [5, 5.41) is 11.5. The zero-order chi connectivity index (χ0) is 34.1. The van der Waals surface area contributed by atoms with Crippen LogP contribution < -0.4 is 0 Å². The summed E-state index contributed by atoms with van der Waals surface area (Å²) in [6.07, 6.45) is 0. The lowest BCUT2D eigenvalue weighted by Gasteiger charge is -2.13. The summed E-state index contributed by atoms with van der Waals surface area (Å²) in [6, 6.07) is 59.2. The summed E-state index contributed by atoms with van der Waals surface area (Å²) in [7, 11) is 0. The van der Waals surface area contributed by atoms with Gasteiger partial charge in [-0.3, -0.25) is 0 Å². The Hall–Kier alpha value is -7.16. The van der Waals surface area contributed by atoms with E-state index in [0.29, 0.717) is 23.0 Å². The second-order valence-electron chi connectivity index (χ2n) is 12.3. The number of hydrogen-bond donors (Lipinski definition) is 0. The predicted octanol–water partition coefficient (Wildman–Crippen LogP) is 11.6. The molecule has 0 radical (unpaired) electrons. The molecule has 0 aliphatic carbocycles. The fourth-order valence-corrected chi connectivity index (χ4v) is 6.69. The molecule has 5 nitrogen and oxygen atoms in total. The minimum absolute atomic E-state index is 0.550. The molecule has 9 aromatic rings. The number of fused-ring (bicyclic) bond motifs is 3. The third-order valence-electron chi connectivity index (χ3n) is 9.18. The summed E-state index contributed by atoms with van der Waals surface area (Å²) in [5.41, 5.74) is 11.1. The number of rotatable bonds is 6. The minimum atomic E-state index is 0.550. The van der Waals surface area contributed by atoms with E-state index in [1.807, 2.05) is 115 Å². The van der Waals surface area contributed by atoms with Gasteiger partial charge in [-0.05, 0) is 63.7 Å². The minimum Gasteiger partial charge on any atom is -0.456 e. The highest BCUT2D eigenvalue weighted by Gasteiger charge is 2.20. The first-order valence-electron chi connectivity index (χ1n) is 16.7. The molecule has 0 bridgehead atoms. The predicted molar refractivity (Wildman–Crippen MR) is 204 cm³/mol. The summed E-state index contributed by atoms with van der Waals surface area (Å²) in [4.78, 5) is 15.2. The Morgan fingerprint density at radius 1 is 0.392 bits per heavy atom. The fraction of sp³-hybridized carbons (Fsp3) is 0.